The number of anilines is 1. The van der Waals surface area contributed by atoms with Crippen molar-refractivity contribution >= 4 is 29.1 Å². The Labute approximate surface area is 201 Å². The molecule has 2 amide bonds. The van der Waals surface area contributed by atoms with Gasteiger partial charge in [0.2, 0.25) is 5.78 Å². The summed E-state index contributed by atoms with van der Waals surface area (Å²) in [5.74, 6) is -0.398. The molecule has 0 saturated carbocycles. The Hall–Kier alpha value is -4.86. The molecule has 4 aromatic rings. The lowest BCUT2D eigenvalue weighted by Crippen LogP contribution is -2.36. The number of rotatable bonds is 7. The van der Waals surface area contributed by atoms with Crippen LogP contribution in [0.1, 0.15) is 5.69 Å². The minimum absolute atomic E-state index is 0.0308. The Morgan fingerprint density at radius 2 is 1.89 bits per heavy atom. The molecule has 3 heterocycles. The van der Waals surface area contributed by atoms with Gasteiger partial charge in [-0.25, -0.2) is 4.98 Å². The Bertz CT molecular complexity index is 1410. The van der Waals surface area contributed by atoms with Crippen molar-refractivity contribution in [2.45, 2.75) is 6.54 Å². The number of imidazole rings is 1. The van der Waals surface area contributed by atoms with Crippen LogP contribution >= 0.6 is 0 Å². The molecule has 4 rings (SSSR count). The number of hydrogen-bond acceptors (Lipinski definition) is 7. The fourth-order valence-electron chi connectivity index (χ4n) is 3.47. The lowest BCUT2D eigenvalue weighted by atomic mass is 10.1. The molecule has 1 aromatic carbocycles. The van der Waals surface area contributed by atoms with Crippen molar-refractivity contribution in [2.75, 3.05) is 19.4 Å². The highest BCUT2D eigenvalue weighted by atomic mass is 16.2. The molecule has 3 N–H and O–H groups in total. The van der Waals surface area contributed by atoms with Gasteiger partial charge in [0.1, 0.15) is 11.5 Å². The monoisotopic (exact) mass is 468 g/mol. The van der Waals surface area contributed by atoms with Crippen molar-refractivity contribution in [2.24, 2.45) is 10.7 Å². The third-order valence-electron chi connectivity index (χ3n) is 5.20. The van der Waals surface area contributed by atoms with Gasteiger partial charge in [-0.3, -0.25) is 24.0 Å². The zero-order valence-corrected chi connectivity index (χ0v) is 19.3. The van der Waals surface area contributed by atoms with Crippen molar-refractivity contribution < 1.29 is 9.59 Å². The molecule has 0 atom stereocenters. The number of carbonyl (C=O) groups is 2. The molecule has 10 heteroatoms. The molecule has 35 heavy (non-hydrogen) atoms. The summed E-state index contributed by atoms with van der Waals surface area (Å²) in [7, 11) is 3.02. The van der Waals surface area contributed by atoms with Crippen LogP contribution in [0, 0.1) is 0 Å². The maximum Gasteiger partial charge on any atom is 0.275 e. The van der Waals surface area contributed by atoms with Crippen LogP contribution in [0.5, 0.6) is 0 Å². The van der Waals surface area contributed by atoms with Crippen LogP contribution in [-0.4, -0.2) is 55.9 Å². The minimum atomic E-state index is -0.615. The van der Waals surface area contributed by atoms with Gasteiger partial charge < -0.3 is 16.0 Å². The Kier molecular flexibility index (Phi) is 6.91. The molecular formula is C25H24N8O2. The number of hydrogen-bond donors (Lipinski definition) is 2. The van der Waals surface area contributed by atoms with Gasteiger partial charge in [0.15, 0.2) is 0 Å². The highest BCUT2D eigenvalue weighted by Crippen LogP contribution is 2.19. The van der Waals surface area contributed by atoms with E-state index in [2.05, 4.69) is 25.3 Å². The van der Waals surface area contributed by atoms with E-state index in [4.69, 9.17) is 5.73 Å². The summed E-state index contributed by atoms with van der Waals surface area (Å²) in [6.45, 7) is 0.247. The molecule has 0 radical (unpaired) electrons. The molecule has 3 aromatic heterocycles. The molecule has 0 aliphatic heterocycles. The minimum Gasteiger partial charge on any atom is -0.404 e. The van der Waals surface area contributed by atoms with Crippen molar-refractivity contribution in [3.63, 3.8) is 0 Å². The second-order valence-corrected chi connectivity index (χ2v) is 7.60. The van der Waals surface area contributed by atoms with Crippen molar-refractivity contribution in [3.8, 4) is 11.3 Å². The van der Waals surface area contributed by atoms with Crippen LogP contribution in [0.4, 0.5) is 5.82 Å². The number of benzene rings is 1. The first kappa shape index (κ1) is 23.3. The zero-order chi connectivity index (χ0) is 24.8. The van der Waals surface area contributed by atoms with Crippen LogP contribution in [0.25, 0.3) is 17.0 Å². The van der Waals surface area contributed by atoms with E-state index in [1.165, 1.54) is 11.9 Å². The summed E-state index contributed by atoms with van der Waals surface area (Å²) < 4.78 is 1.76. The summed E-state index contributed by atoms with van der Waals surface area (Å²) in [6.07, 6.45) is 6.32. The van der Waals surface area contributed by atoms with E-state index >= 15 is 0 Å². The van der Waals surface area contributed by atoms with Crippen LogP contribution < -0.4 is 11.1 Å². The highest BCUT2D eigenvalue weighted by molar-refractivity contribution is 6.53. The number of pyridine rings is 1. The van der Waals surface area contributed by atoms with Crippen molar-refractivity contribution in [1.82, 2.24) is 24.3 Å². The van der Waals surface area contributed by atoms with Crippen LogP contribution in [0.2, 0.25) is 0 Å². The Morgan fingerprint density at radius 3 is 2.57 bits per heavy atom. The summed E-state index contributed by atoms with van der Waals surface area (Å²) in [6, 6.07) is 16.8. The molecule has 0 spiro atoms. The first-order valence-electron chi connectivity index (χ1n) is 10.8. The summed E-state index contributed by atoms with van der Waals surface area (Å²) in [4.78, 5) is 44.6. The molecule has 0 saturated heterocycles. The second-order valence-electron chi connectivity index (χ2n) is 7.60. The predicted molar refractivity (Wildman–Crippen MR) is 133 cm³/mol. The molecule has 0 unspecified atom stereocenters. The summed E-state index contributed by atoms with van der Waals surface area (Å²) in [5, 5.41) is 2.68. The van der Waals surface area contributed by atoms with Gasteiger partial charge in [-0.15, -0.1) is 0 Å². The molecule has 0 aliphatic carbocycles. The summed E-state index contributed by atoms with van der Waals surface area (Å²) in [5.41, 5.74) is 8.00. The van der Waals surface area contributed by atoms with Crippen LogP contribution in [0.3, 0.4) is 0 Å². The van der Waals surface area contributed by atoms with Gasteiger partial charge in [-0.05, 0) is 18.2 Å². The number of aliphatic imine (C=N–C) groups is 1. The number of nitrogens with one attached hydrogen (secondary N) is 1. The van der Waals surface area contributed by atoms with Crippen LogP contribution in [-0.2, 0) is 16.1 Å². The quantitative estimate of drug-likeness (QED) is 0.316. The van der Waals surface area contributed by atoms with E-state index in [-0.39, 0.29) is 23.6 Å². The van der Waals surface area contributed by atoms with Gasteiger partial charge in [-0.1, -0.05) is 36.4 Å². The molecule has 0 aliphatic rings. The van der Waals surface area contributed by atoms with E-state index in [0.717, 1.165) is 17.5 Å². The maximum absolute atomic E-state index is 13.0. The third-order valence-corrected chi connectivity index (χ3v) is 5.20. The zero-order valence-electron chi connectivity index (χ0n) is 19.3. The Balaban J connectivity index is 1.50. The Morgan fingerprint density at radius 1 is 1.11 bits per heavy atom. The maximum atomic E-state index is 13.0. The lowest BCUT2D eigenvalue weighted by Gasteiger charge is -2.19. The van der Waals surface area contributed by atoms with Gasteiger partial charge >= 0.3 is 0 Å². The first-order chi connectivity index (χ1) is 17.0. The molecule has 0 bridgehead atoms. The van der Waals surface area contributed by atoms with E-state index in [0.29, 0.717) is 11.5 Å². The van der Waals surface area contributed by atoms with Crippen molar-refractivity contribution in [3.05, 3.63) is 90.7 Å². The number of fused-ring (bicyclic) bond motifs is 1. The van der Waals surface area contributed by atoms with Gasteiger partial charge in [-0.2, -0.15) is 4.98 Å². The molecule has 10 nitrogen and oxygen atoms in total. The smallest absolute Gasteiger partial charge is 0.275 e. The summed E-state index contributed by atoms with van der Waals surface area (Å²) >= 11 is 0. The van der Waals surface area contributed by atoms with E-state index in [1.807, 2.05) is 42.6 Å². The third kappa shape index (κ3) is 5.22. The number of amides is 2. The molecule has 176 valence electrons. The van der Waals surface area contributed by atoms with E-state index in [1.54, 1.807) is 42.0 Å². The van der Waals surface area contributed by atoms with E-state index < -0.39 is 11.8 Å². The SMILES string of the molecule is CN=C(C(=O)Nc1ccn2cc(-c3ccccc3)nc2n1)C(=CN)C(=O)N(C)Cc1ccccn1. The lowest BCUT2D eigenvalue weighted by molar-refractivity contribution is -0.126. The number of aromatic nitrogens is 4. The highest BCUT2D eigenvalue weighted by Gasteiger charge is 2.25. The molecule has 0 fully saturated rings. The number of likely N-dealkylation sites (N-methyl/N-ethyl adjacent to an activating group) is 1. The number of carbonyl (C=O) groups excluding carboxylic acids is 2. The number of nitrogens with two attached hydrogens (primary N) is 1. The van der Waals surface area contributed by atoms with Crippen molar-refractivity contribution in [1.29, 1.82) is 0 Å². The second kappa shape index (κ2) is 10.4. The average molecular weight is 469 g/mol. The standard InChI is InChI=1S/C25H24N8O2/c1-27-22(19(14-26)24(35)32(2)15-18-10-6-7-12-28-18)23(34)30-21-11-13-33-16-20(29-25(33)31-21)17-8-4-3-5-9-17/h3-14,16H,15,26H2,1-2H3,(H,29,30,31,34). The van der Waals surface area contributed by atoms with Gasteiger partial charge in [0.05, 0.1) is 23.5 Å². The van der Waals surface area contributed by atoms with Gasteiger partial charge in [0.25, 0.3) is 11.8 Å². The van der Waals surface area contributed by atoms with Crippen LogP contribution in [0.15, 0.2) is 90.0 Å². The average Bonchev–Trinajstić information content (AvgIpc) is 3.31. The van der Waals surface area contributed by atoms with Gasteiger partial charge in [0, 0.05) is 44.4 Å². The largest absolute Gasteiger partial charge is 0.404 e. The number of nitrogens with zero attached hydrogens (tertiary/aromatic N) is 6. The predicted octanol–water partition coefficient (Wildman–Crippen LogP) is 2.30. The molecular weight excluding hydrogens is 444 g/mol. The normalized spacial score (nSPS) is 11.9. The fourth-order valence-corrected chi connectivity index (χ4v) is 3.47. The fraction of sp³-hybridized carbons (Fsp3) is 0.120. The topological polar surface area (TPSA) is 131 Å². The van der Waals surface area contributed by atoms with E-state index in [9.17, 15) is 9.59 Å². The first-order valence-corrected chi connectivity index (χ1v) is 10.8.